The van der Waals surface area contributed by atoms with Gasteiger partial charge in [0.2, 0.25) is 0 Å². The van der Waals surface area contributed by atoms with Gasteiger partial charge in [0, 0.05) is 6.54 Å². The summed E-state index contributed by atoms with van der Waals surface area (Å²) >= 11 is 0. The van der Waals surface area contributed by atoms with Crippen LogP contribution in [0.15, 0.2) is 24.3 Å². The van der Waals surface area contributed by atoms with Crippen LogP contribution in [-0.2, 0) is 17.5 Å². The number of benzene rings is 1. The van der Waals surface area contributed by atoms with Crippen molar-refractivity contribution in [2.24, 2.45) is 0 Å². The molecule has 0 unspecified atom stereocenters. The van der Waals surface area contributed by atoms with Crippen LogP contribution in [0.3, 0.4) is 0 Å². The van der Waals surface area contributed by atoms with Crippen molar-refractivity contribution in [3.63, 3.8) is 0 Å². The zero-order valence-corrected chi connectivity index (χ0v) is 9.25. The largest absolute Gasteiger partial charge is 0.416 e. The molecule has 0 atom stereocenters. The van der Waals surface area contributed by atoms with Gasteiger partial charge in [-0.2, -0.15) is 13.2 Å². The molecule has 0 bridgehead atoms. The van der Waals surface area contributed by atoms with E-state index in [2.05, 4.69) is 10.6 Å². The Balaban J connectivity index is 2.68. The molecule has 7 heteroatoms. The van der Waals surface area contributed by atoms with Crippen molar-refractivity contribution in [2.75, 3.05) is 6.54 Å². The number of nitrogens with one attached hydrogen (secondary N) is 2. The lowest BCUT2D eigenvalue weighted by molar-refractivity contribution is -0.138. The van der Waals surface area contributed by atoms with Crippen LogP contribution in [-0.4, -0.2) is 18.9 Å². The van der Waals surface area contributed by atoms with E-state index in [1.54, 1.807) is 0 Å². The van der Waals surface area contributed by atoms with Crippen LogP contribution in [0.25, 0.3) is 0 Å². The van der Waals surface area contributed by atoms with Crippen LogP contribution < -0.4 is 10.6 Å². The Bertz CT molecular complexity index is 433. The predicted octanol–water partition coefficient (Wildman–Crippen LogP) is 1.70. The molecule has 0 spiro atoms. The number of carbonyl (C=O) groups is 2. The van der Waals surface area contributed by atoms with Gasteiger partial charge in [0.05, 0.1) is 12.1 Å². The standard InChI is InChI=1S/C11H11F3N2O2/c12-11(13,14)9-4-2-1-3-8(9)7-16-10(18)15-5-6-17/h1-4,6H,5,7H2,(H2,15,16,18). The van der Waals surface area contributed by atoms with Gasteiger partial charge in [-0.25, -0.2) is 4.79 Å². The fraction of sp³-hybridized carbons (Fsp3) is 0.273. The van der Waals surface area contributed by atoms with Crippen LogP contribution in [0.2, 0.25) is 0 Å². The fourth-order valence-electron chi connectivity index (χ4n) is 1.32. The highest BCUT2D eigenvalue weighted by molar-refractivity contribution is 5.76. The Hall–Kier alpha value is -2.05. The van der Waals surface area contributed by atoms with Crippen molar-refractivity contribution in [2.45, 2.75) is 12.7 Å². The van der Waals surface area contributed by atoms with Gasteiger partial charge in [0.15, 0.2) is 0 Å². The number of hydrogen-bond acceptors (Lipinski definition) is 2. The van der Waals surface area contributed by atoms with Crippen molar-refractivity contribution >= 4 is 12.3 Å². The number of amides is 2. The van der Waals surface area contributed by atoms with Crippen LogP contribution in [0.4, 0.5) is 18.0 Å². The summed E-state index contributed by atoms with van der Waals surface area (Å²) in [7, 11) is 0. The molecule has 0 aromatic heterocycles. The average molecular weight is 260 g/mol. The Morgan fingerprint density at radius 3 is 2.50 bits per heavy atom. The van der Waals surface area contributed by atoms with Gasteiger partial charge in [-0.05, 0) is 11.6 Å². The summed E-state index contributed by atoms with van der Waals surface area (Å²) in [6.45, 7) is -0.451. The van der Waals surface area contributed by atoms with Gasteiger partial charge in [-0.1, -0.05) is 18.2 Å². The van der Waals surface area contributed by atoms with E-state index in [0.29, 0.717) is 6.29 Å². The molecule has 0 saturated heterocycles. The van der Waals surface area contributed by atoms with E-state index in [1.165, 1.54) is 18.2 Å². The molecule has 0 radical (unpaired) electrons. The second-order valence-corrected chi connectivity index (χ2v) is 3.39. The summed E-state index contributed by atoms with van der Waals surface area (Å²) in [5.74, 6) is 0. The van der Waals surface area contributed by atoms with Gasteiger partial charge >= 0.3 is 12.2 Å². The molecule has 2 N–H and O–H groups in total. The molecule has 0 heterocycles. The van der Waals surface area contributed by atoms with Crippen LogP contribution in [0.1, 0.15) is 11.1 Å². The molecule has 98 valence electrons. The van der Waals surface area contributed by atoms with Crippen molar-refractivity contribution in [1.82, 2.24) is 10.6 Å². The molecule has 1 aromatic rings. The highest BCUT2D eigenvalue weighted by atomic mass is 19.4. The first-order valence-corrected chi connectivity index (χ1v) is 5.05. The fourth-order valence-corrected chi connectivity index (χ4v) is 1.32. The van der Waals surface area contributed by atoms with E-state index >= 15 is 0 Å². The topological polar surface area (TPSA) is 58.2 Å². The highest BCUT2D eigenvalue weighted by Crippen LogP contribution is 2.31. The van der Waals surface area contributed by atoms with Gasteiger partial charge < -0.3 is 15.4 Å². The van der Waals surface area contributed by atoms with Crippen molar-refractivity contribution in [3.8, 4) is 0 Å². The van der Waals surface area contributed by atoms with Crippen molar-refractivity contribution in [3.05, 3.63) is 35.4 Å². The second-order valence-electron chi connectivity index (χ2n) is 3.39. The van der Waals surface area contributed by atoms with E-state index in [1.807, 2.05) is 0 Å². The Kier molecular flexibility index (Phi) is 4.70. The maximum atomic E-state index is 12.6. The SMILES string of the molecule is O=CCNC(=O)NCc1ccccc1C(F)(F)F. The van der Waals surface area contributed by atoms with E-state index in [9.17, 15) is 22.8 Å². The maximum absolute atomic E-state index is 12.6. The molecular weight excluding hydrogens is 249 g/mol. The minimum atomic E-state index is -4.46. The van der Waals surface area contributed by atoms with Crippen molar-refractivity contribution in [1.29, 1.82) is 0 Å². The average Bonchev–Trinajstić information content (AvgIpc) is 2.33. The zero-order valence-electron chi connectivity index (χ0n) is 9.25. The summed E-state index contributed by atoms with van der Waals surface area (Å²) in [5.41, 5.74) is -0.827. The molecule has 0 saturated carbocycles. The summed E-state index contributed by atoms with van der Waals surface area (Å²) in [4.78, 5) is 21.1. The number of rotatable bonds is 4. The Morgan fingerprint density at radius 1 is 1.22 bits per heavy atom. The third-order valence-electron chi connectivity index (χ3n) is 2.11. The Labute approximate surface area is 101 Å². The number of carbonyl (C=O) groups excluding carboxylic acids is 2. The molecule has 0 aliphatic carbocycles. The molecular formula is C11H11F3N2O2. The van der Waals surface area contributed by atoms with Gasteiger partial charge in [-0.3, -0.25) is 0 Å². The van der Waals surface area contributed by atoms with E-state index in [4.69, 9.17) is 0 Å². The molecule has 1 aromatic carbocycles. The molecule has 0 fully saturated rings. The highest BCUT2D eigenvalue weighted by Gasteiger charge is 2.32. The smallest absolute Gasteiger partial charge is 0.334 e. The molecule has 0 aliphatic heterocycles. The monoisotopic (exact) mass is 260 g/mol. The number of aldehydes is 1. The van der Waals surface area contributed by atoms with Crippen LogP contribution >= 0.6 is 0 Å². The lowest BCUT2D eigenvalue weighted by Gasteiger charge is -2.13. The first-order valence-electron chi connectivity index (χ1n) is 5.05. The third-order valence-corrected chi connectivity index (χ3v) is 2.11. The molecule has 2 amide bonds. The first-order chi connectivity index (χ1) is 8.45. The second kappa shape index (κ2) is 6.04. The number of hydrogen-bond donors (Lipinski definition) is 2. The minimum Gasteiger partial charge on any atom is -0.334 e. The van der Waals surface area contributed by atoms with E-state index in [-0.39, 0.29) is 18.7 Å². The molecule has 4 nitrogen and oxygen atoms in total. The van der Waals surface area contributed by atoms with E-state index < -0.39 is 17.8 Å². The van der Waals surface area contributed by atoms with Crippen molar-refractivity contribution < 1.29 is 22.8 Å². The van der Waals surface area contributed by atoms with E-state index in [0.717, 1.165) is 6.07 Å². The van der Waals surface area contributed by atoms with Crippen LogP contribution in [0.5, 0.6) is 0 Å². The quantitative estimate of drug-likeness (QED) is 0.809. The summed E-state index contributed by atoms with van der Waals surface area (Å²) < 4.78 is 37.8. The normalized spacial score (nSPS) is 10.8. The van der Waals surface area contributed by atoms with Gasteiger partial charge in [0.1, 0.15) is 6.29 Å². The summed E-state index contributed by atoms with van der Waals surface area (Å²) in [6, 6.07) is 4.26. The number of alkyl halides is 3. The van der Waals surface area contributed by atoms with Gasteiger partial charge in [0.25, 0.3) is 0 Å². The van der Waals surface area contributed by atoms with Crippen LogP contribution in [0, 0.1) is 0 Å². The minimum absolute atomic E-state index is 0.0359. The lowest BCUT2D eigenvalue weighted by atomic mass is 10.1. The molecule has 18 heavy (non-hydrogen) atoms. The summed E-state index contributed by atoms with van der Waals surface area (Å²) in [6.07, 6.45) is -3.99. The predicted molar refractivity (Wildman–Crippen MR) is 57.7 cm³/mol. The summed E-state index contributed by atoms with van der Waals surface area (Å²) in [5, 5.41) is 4.40. The zero-order chi connectivity index (χ0) is 13.6. The first kappa shape index (κ1) is 14.0. The Morgan fingerprint density at radius 2 is 1.89 bits per heavy atom. The van der Waals surface area contributed by atoms with Gasteiger partial charge in [-0.15, -0.1) is 0 Å². The third kappa shape index (κ3) is 4.08. The number of urea groups is 1. The maximum Gasteiger partial charge on any atom is 0.416 e. The molecule has 1 rings (SSSR count). The number of halogens is 3. The lowest BCUT2D eigenvalue weighted by Crippen LogP contribution is -2.36. The molecule has 0 aliphatic rings.